The molecule has 0 bridgehead atoms. The number of aromatic amines is 1. The fraction of sp³-hybridized carbons (Fsp3) is 0.367. The van der Waals surface area contributed by atoms with Crippen LogP contribution in [0.1, 0.15) is 44.0 Å². The van der Waals surface area contributed by atoms with Crippen molar-refractivity contribution < 1.29 is 38.0 Å². The summed E-state index contributed by atoms with van der Waals surface area (Å²) in [7, 11) is -5.04. The maximum Gasteiger partial charge on any atom is 0.529 e. The van der Waals surface area contributed by atoms with Crippen LogP contribution in [0.25, 0.3) is 6.08 Å². The number of hydroxylamine groups is 1. The summed E-state index contributed by atoms with van der Waals surface area (Å²) in [5.74, 6) is -1.15. The second-order valence-corrected chi connectivity index (χ2v) is 13.2. The molecule has 0 spiro atoms. The zero-order chi connectivity index (χ0) is 33.4. The van der Waals surface area contributed by atoms with Crippen molar-refractivity contribution in [3.8, 4) is 0 Å². The predicted molar refractivity (Wildman–Crippen MR) is 174 cm³/mol. The van der Waals surface area contributed by atoms with Crippen molar-refractivity contribution in [3.05, 3.63) is 103 Å². The summed E-state index contributed by atoms with van der Waals surface area (Å²) in [6, 6.07) is 14.6. The lowest BCUT2D eigenvalue weighted by Crippen LogP contribution is -2.43. The smallest absolute Gasteiger partial charge is 0.390 e. The molecule has 1 saturated heterocycles. The molecule has 16 heteroatoms. The van der Waals surface area contributed by atoms with Crippen molar-refractivity contribution in [1.82, 2.24) is 9.55 Å². The fourth-order valence-electron chi connectivity index (χ4n) is 4.69. The highest BCUT2D eigenvalue weighted by molar-refractivity contribution is 9.11. The van der Waals surface area contributed by atoms with Crippen LogP contribution in [0.2, 0.25) is 5.02 Å². The van der Waals surface area contributed by atoms with Gasteiger partial charge in [-0.15, -0.1) is 0 Å². The minimum atomic E-state index is -5.04. The molecular formula is C30H34BrClN3O10P. The van der Waals surface area contributed by atoms with E-state index in [9.17, 15) is 28.9 Å². The van der Waals surface area contributed by atoms with Crippen molar-refractivity contribution in [2.45, 2.75) is 57.8 Å². The molecule has 13 nitrogen and oxygen atoms in total. The lowest BCUT2D eigenvalue weighted by atomic mass is 10.0. The van der Waals surface area contributed by atoms with Crippen LogP contribution >= 0.6 is 35.4 Å². The zero-order valence-electron chi connectivity index (χ0n) is 24.9. The van der Waals surface area contributed by atoms with Crippen molar-refractivity contribution >= 4 is 53.1 Å². The monoisotopic (exact) mass is 741 g/mol. The normalized spacial score (nSPS) is 20.1. The number of carbonyl (C=O) groups excluding carboxylic acids is 1. The molecule has 0 radical (unpaired) electrons. The topological polar surface area (TPSA) is 170 Å². The van der Waals surface area contributed by atoms with Crippen LogP contribution < -0.4 is 16.3 Å². The van der Waals surface area contributed by atoms with Crippen molar-refractivity contribution in [1.29, 1.82) is 0 Å². The van der Waals surface area contributed by atoms with Gasteiger partial charge in [0, 0.05) is 17.6 Å². The maximum absolute atomic E-state index is 13.5. The molecule has 0 aliphatic carbocycles. The summed E-state index contributed by atoms with van der Waals surface area (Å²) in [6.07, 6.45) is -0.606. The number of aliphatic hydroxyl groups is 1. The predicted octanol–water partition coefficient (Wildman–Crippen LogP) is 4.92. The number of ether oxygens (including phenoxy) is 1. The number of rotatable bonds is 14. The molecule has 3 N–H and O–H groups in total. The van der Waals surface area contributed by atoms with Crippen LogP contribution in [-0.4, -0.2) is 50.4 Å². The Hall–Kier alpha value is -3.07. The maximum atomic E-state index is 13.5. The second-order valence-electron chi connectivity index (χ2n) is 10.9. The lowest BCUT2D eigenvalue weighted by molar-refractivity contribution is -0.141. The van der Waals surface area contributed by atoms with Gasteiger partial charge in [-0.1, -0.05) is 71.7 Å². The highest BCUT2D eigenvalue weighted by atomic mass is 79.9. The van der Waals surface area contributed by atoms with Gasteiger partial charge in [0.25, 0.3) is 5.56 Å². The molecule has 4 rings (SSSR count). The van der Waals surface area contributed by atoms with Gasteiger partial charge in [-0.25, -0.2) is 19.2 Å². The number of H-pyrrole nitrogens is 1. The number of aromatic nitrogens is 2. The Morgan fingerprint density at radius 1 is 1.22 bits per heavy atom. The van der Waals surface area contributed by atoms with Gasteiger partial charge < -0.3 is 14.4 Å². The molecule has 2 heterocycles. The summed E-state index contributed by atoms with van der Waals surface area (Å²) >= 11 is 9.15. The first kappa shape index (κ1) is 35.8. The standard InChI is InChI=1S/C30H34BrClN3O10P/c1-19(2)14-24(35(23-10-8-22(32)9-11-23)42-17-20-6-4-3-5-7-20)29(38)45-46(40,41)43-18-26-25(36)15-27(44-26)34-16-21(12-13-31)28(37)33-30(34)39/h3-13,16,19,24-27,36H,14-15,17-18H2,1-2H3,(H,40,41)(H,33,37,39)/b13-12+/t24-,25-,26+,27+/m0/s1. The third-order valence-corrected chi connectivity index (χ3v) is 8.31. The van der Waals surface area contributed by atoms with E-state index in [2.05, 4.69) is 20.9 Å². The van der Waals surface area contributed by atoms with Crippen LogP contribution in [-0.2, 0) is 34.6 Å². The first-order chi connectivity index (χ1) is 21.9. The first-order valence-corrected chi connectivity index (χ1v) is 17.0. The number of phosphoric acid groups is 1. The average molecular weight is 743 g/mol. The lowest BCUT2D eigenvalue weighted by Gasteiger charge is -2.32. The van der Waals surface area contributed by atoms with E-state index >= 15 is 0 Å². The Balaban J connectivity index is 1.47. The largest absolute Gasteiger partial charge is 0.529 e. The van der Waals surface area contributed by atoms with Crippen LogP contribution in [0, 0.1) is 5.92 Å². The highest BCUT2D eigenvalue weighted by Crippen LogP contribution is 2.45. The fourth-order valence-corrected chi connectivity index (χ4v) is 5.84. The molecule has 248 valence electrons. The SMILES string of the molecule is CC(C)C[C@@H](C(=O)OP(=O)(O)OC[C@H]1O[C@@H](n2cc(/C=C/Br)c(=O)[nH]c2=O)C[C@@H]1O)N(OCc1ccccc1)c1ccc(Cl)cc1. The van der Waals surface area contributed by atoms with Crippen molar-refractivity contribution in [2.75, 3.05) is 11.7 Å². The van der Waals surface area contributed by atoms with Gasteiger partial charge in [-0.2, -0.15) is 0 Å². The van der Waals surface area contributed by atoms with Gasteiger partial charge in [-0.05, 0) is 53.2 Å². The molecule has 1 aromatic heterocycles. The van der Waals surface area contributed by atoms with Gasteiger partial charge in [0.2, 0.25) is 0 Å². The highest BCUT2D eigenvalue weighted by Gasteiger charge is 2.40. The number of hydrogen-bond acceptors (Lipinski definition) is 10. The van der Waals surface area contributed by atoms with Crippen LogP contribution in [0.15, 0.2) is 75.4 Å². The van der Waals surface area contributed by atoms with E-state index in [1.165, 1.54) is 22.3 Å². The number of benzene rings is 2. The number of hydrogen-bond donors (Lipinski definition) is 3. The summed E-state index contributed by atoms with van der Waals surface area (Å²) in [5.41, 5.74) is 0.0416. The number of phosphoric ester groups is 1. The molecule has 1 aliphatic rings. The van der Waals surface area contributed by atoms with Crippen LogP contribution in [0.5, 0.6) is 0 Å². The molecule has 1 unspecified atom stereocenters. The van der Waals surface area contributed by atoms with E-state index < -0.39 is 56.1 Å². The third kappa shape index (κ3) is 9.72. The number of carbonyl (C=O) groups is 1. The summed E-state index contributed by atoms with van der Waals surface area (Å²) in [5, 5.41) is 12.3. The van der Waals surface area contributed by atoms with E-state index in [1.54, 1.807) is 24.3 Å². The van der Waals surface area contributed by atoms with Crippen LogP contribution in [0.4, 0.5) is 5.69 Å². The van der Waals surface area contributed by atoms with Gasteiger partial charge in [0.15, 0.2) is 6.04 Å². The van der Waals surface area contributed by atoms with Gasteiger partial charge >= 0.3 is 19.5 Å². The molecule has 46 heavy (non-hydrogen) atoms. The molecular weight excluding hydrogens is 709 g/mol. The average Bonchev–Trinajstić information content (AvgIpc) is 3.38. The number of aliphatic hydroxyl groups excluding tert-OH is 1. The Morgan fingerprint density at radius 3 is 2.57 bits per heavy atom. The Labute approximate surface area is 278 Å². The third-order valence-electron chi connectivity index (χ3n) is 6.90. The van der Waals surface area contributed by atoms with Gasteiger partial charge in [0.05, 0.1) is 30.6 Å². The zero-order valence-corrected chi connectivity index (χ0v) is 28.1. The van der Waals surface area contributed by atoms with E-state index in [4.69, 9.17) is 30.2 Å². The Morgan fingerprint density at radius 2 is 1.91 bits per heavy atom. The molecule has 3 aromatic rings. The summed E-state index contributed by atoms with van der Waals surface area (Å²) in [4.78, 5) is 58.1. The summed E-state index contributed by atoms with van der Waals surface area (Å²) < 4.78 is 29.9. The van der Waals surface area contributed by atoms with E-state index in [-0.39, 0.29) is 30.9 Å². The molecule has 5 atom stereocenters. The molecule has 0 amide bonds. The van der Waals surface area contributed by atoms with Gasteiger partial charge in [-0.3, -0.25) is 28.6 Å². The van der Waals surface area contributed by atoms with E-state index in [0.717, 1.165) is 10.1 Å². The van der Waals surface area contributed by atoms with Crippen molar-refractivity contribution in [3.63, 3.8) is 0 Å². The number of halogens is 2. The number of anilines is 1. The quantitative estimate of drug-likeness (QED) is 0.151. The number of nitrogens with zero attached hydrogens (tertiary/aromatic N) is 2. The molecule has 1 fully saturated rings. The molecule has 0 saturated carbocycles. The van der Waals surface area contributed by atoms with Crippen LogP contribution in [0.3, 0.4) is 0 Å². The minimum Gasteiger partial charge on any atom is -0.390 e. The Kier molecular flexibility index (Phi) is 12.6. The molecule has 2 aromatic carbocycles. The van der Waals surface area contributed by atoms with E-state index in [1.807, 2.05) is 44.2 Å². The van der Waals surface area contributed by atoms with Crippen molar-refractivity contribution in [2.24, 2.45) is 5.92 Å². The van der Waals surface area contributed by atoms with E-state index in [0.29, 0.717) is 10.7 Å². The first-order valence-electron chi connectivity index (χ1n) is 14.2. The molecule has 1 aliphatic heterocycles. The summed E-state index contributed by atoms with van der Waals surface area (Å²) in [6.45, 7) is 3.18. The Bertz CT molecular complexity index is 1670. The van der Waals surface area contributed by atoms with Gasteiger partial charge in [0.1, 0.15) is 12.3 Å². The number of nitrogens with one attached hydrogen (secondary N) is 1. The second kappa shape index (κ2) is 16.2. The minimum absolute atomic E-state index is 0.0625.